The van der Waals surface area contributed by atoms with Gasteiger partial charge in [-0.15, -0.1) is 0 Å². The molecule has 0 aliphatic heterocycles. The largest absolute Gasteiger partial charge is 0.497 e. The van der Waals surface area contributed by atoms with Gasteiger partial charge in [-0.05, 0) is 42.3 Å². The van der Waals surface area contributed by atoms with Crippen LogP contribution in [0.4, 0.5) is 4.79 Å². The number of carbonyl (C=O) groups excluding carboxylic acids is 1. The second kappa shape index (κ2) is 8.76. The smallest absolute Gasteiger partial charge is 0.317 e. The molecule has 0 atom stereocenters. The summed E-state index contributed by atoms with van der Waals surface area (Å²) in [6.45, 7) is 0.976. The molecule has 24 heavy (non-hydrogen) atoms. The molecule has 0 aliphatic rings. The molecular weight excluding hydrogens is 306 g/mol. The van der Waals surface area contributed by atoms with Crippen molar-refractivity contribution in [2.75, 3.05) is 27.8 Å². The Kier molecular flexibility index (Phi) is 6.42. The van der Waals surface area contributed by atoms with Crippen LogP contribution in [0.25, 0.3) is 0 Å². The van der Waals surface area contributed by atoms with Crippen molar-refractivity contribution in [1.82, 2.24) is 15.2 Å². The number of urea groups is 1. The summed E-state index contributed by atoms with van der Waals surface area (Å²) in [4.78, 5) is 18.0. The summed E-state index contributed by atoms with van der Waals surface area (Å²) in [6.07, 6.45) is 2.37. The number of methoxy groups -OCH3 is 2. The molecule has 0 aliphatic carbocycles. The summed E-state index contributed by atoms with van der Waals surface area (Å²) in [5, 5.41) is 2.90. The summed E-state index contributed by atoms with van der Waals surface area (Å²) in [7, 11) is 5.00. The van der Waals surface area contributed by atoms with E-state index in [0.29, 0.717) is 19.5 Å². The van der Waals surface area contributed by atoms with E-state index in [-0.39, 0.29) is 6.03 Å². The maximum absolute atomic E-state index is 12.1. The summed E-state index contributed by atoms with van der Waals surface area (Å²) in [5.41, 5.74) is 1.84. The van der Waals surface area contributed by atoms with Gasteiger partial charge in [-0.25, -0.2) is 4.79 Å². The van der Waals surface area contributed by atoms with Gasteiger partial charge < -0.3 is 19.7 Å². The number of nitrogens with one attached hydrogen (secondary N) is 1. The minimum Gasteiger partial charge on any atom is -0.497 e. The van der Waals surface area contributed by atoms with Crippen molar-refractivity contribution >= 4 is 6.03 Å². The first-order chi connectivity index (χ1) is 11.6. The number of rotatable bonds is 7. The molecule has 0 spiro atoms. The average molecular weight is 329 g/mol. The molecule has 1 N–H and O–H groups in total. The number of hydrogen-bond donors (Lipinski definition) is 1. The number of nitrogens with zero attached hydrogens (tertiary/aromatic N) is 2. The fourth-order valence-electron chi connectivity index (χ4n) is 2.32. The van der Waals surface area contributed by atoms with Crippen molar-refractivity contribution in [1.29, 1.82) is 0 Å². The molecule has 0 radical (unpaired) electrons. The highest BCUT2D eigenvalue weighted by Gasteiger charge is 2.10. The van der Waals surface area contributed by atoms with Gasteiger partial charge in [0.25, 0.3) is 0 Å². The van der Waals surface area contributed by atoms with Crippen molar-refractivity contribution in [2.24, 2.45) is 0 Å². The number of carbonyl (C=O) groups is 1. The van der Waals surface area contributed by atoms with Gasteiger partial charge in [-0.1, -0.05) is 6.07 Å². The molecular formula is C18H23N3O3. The van der Waals surface area contributed by atoms with E-state index in [1.807, 2.05) is 36.4 Å². The van der Waals surface area contributed by atoms with Gasteiger partial charge in [0, 0.05) is 19.8 Å². The second-order valence-corrected chi connectivity index (χ2v) is 5.34. The molecule has 1 aromatic carbocycles. The number of benzene rings is 1. The summed E-state index contributed by atoms with van der Waals surface area (Å²) < 4.78 is 10.6. The third kappa shape index (κ3) is 4.87. The standard InChI is InChI=1S/C18H23N3O3/c1-21(13-15-6-4-5-10-19-15)18(22)20-11-9-14-12-16(23-2)7-8-17(14)24-3/h4-8,10,12H,9,11,13H2,1-3H3,(H,20,22). The van der Waals surface area contributed by atoms with Gasteiger partial charge >= 0.3 is 6.03 Å². The SMILES string of the molecule is COc1ccc(OC)c(CCNC(=O)N(C)Cc2ccccn2)c1. The van der Waals surface area contributed by atoms with Crippen LogP contribution in [0.2, 0.25) is 0 Å². The fraction of sp³-hybridized carbons (Fsp3) is 0.333. The molecule has 0 fully saturated rings. The van der Waals surface area contributed by atoms with E-state index >= 15 is 0 Å². The Labute approximate surface area is 142 Å². The lowest BCUT2D eigenvalue weighted by Gasteiger charge is -2.18. The van der Waals surface area contributed by atoms with Crippen LogP contribution in [-0.2, 0) is 13.0 Å². The number of aromatic nitrogens is 1. The normalized spacial score (nSPS) is 10.1. The lowest BCUT2D eigenvalue weighted by Crippen LogP contribution is -2.37. The Bertz CT molecular complexity index is 662. The fourth-order valence-corrected chi connectivity index (χ4v) is 2.32. The molecule has 6 nitrogen and oxygen atoms in total. The molecule has 1 heterocycles. The molecule has 2 aromatic rings. The van der Waals surface area contributed by atoms with E-state index in [4.69, 9.17) is 9.47 Å². The van der Waals surface area contributed by atoms with E-state index in [2.05, 4.69) is 10.3 Å². The highest BCUT2D eigenvalue weighted by molar-refractivity contribution is 5.73. The third-order valence-corrected chi connectivity index (χ3v) is 3.63. The quantitative estimate of drug-likeness (QED) is 0.848. The predicted molar refractivity (Wildman–Crippen MR) is 92.4 cm³/mol. The maximum atomic E-state index is 12.1. The van der Waals surface area contributed by atoms with Gasteiger partial charge in [-0.2, -0.15) is 0 Å². The summed E-state index contributed by atoms with van der Waals surface area (Å²) in [5.74, 6) is 1.55. The molecule has 0 bridgehead atoms. The van der Waals surface area contributed by atoms with Crippen molar-refractivity contribution in [3.63, 3.8) is 0 Å². The zero-order valence-electron chi connectivity index (χ0n) is 14.3. The van der Waals surface area contributed by atoms with E-state index in [1.54, 1.807) is 32.4 Å². The number of pyridine rings is 1. The van der Waals surface area contributed by atoms with Crippen LogP contribution in [0, 0.1) is 0 Å². The summed E-state index contributed by atoms with van der Waals surface area (Å²) in [6, 6.07) is 11.1. The van der Waals surface area contributed by atoms with E-state index < -0.39 is 0 Å². The highest BCUT2D eigenvalue weighted by atomic mass is 16.5. The number of ether oxygens (including phenoxy) is 2. The first-order valence-electron chi connectivity index (χ1n) is 7.74. The second-order valence-electron chi connectivity index (χ2n) is 5.34. The Hall–Kier alpha value is -2.76. The lowest BCUT2D eigenvalue weighted by molar-refractivity contribution is 0.206. The topological polar surface area (TPSA) is 63.7 Å². The molecule has 0 saturated heterocycles. The Morgan fingerprint density at radius 2 is 2.04 bits per heavy atom. The lowest BCUT2D eigenvalue weighted by atomic mass is 10.1. The van der Waals surface area contributed by atoms with Gasteiger partial charge in [0.2, 0.25) is 0 Å². The predicted octanol–water partition coefficient (Wildman–Crippen LogP) is 2.48. The average Bonchev–Trinajstić information content (AvgIpc) is 2.62. The molecule has 2 rings (SSSR count). The van der Waals surface area contributed by atoms with E-state index in [1.165, 1.54) is 0 Å². The maximum Gasteiger partial charge on any atom is 0.317 e. The van der Waals surface area contributed by atoms with Gasteiger partial charge in [0.05, 0.1) is 26.5 Å². The van der Waals surface area contributed by atoms with Gasteiger partial charge in [0.1, 0.15) is 11.5 Å². The van der Waals surface area contributed by atoms with Crippen LogP contribution in [0.3, 0.4) is 0 Å². The third-order valence-electron chi connectivity index (χ3n) is 3.63. The van der Waals surface area contributed by atoms with Crippen LogP contribution < -0.4 is 14.8 Å². The number of hydrogen-bond acceptors (Lipinski definition) is 4. The Morgan fingerprint density at radius 3 is 2.71 bits per heavy atom. The van der Waals surface area contributed by atoms with E-state index in [9.17, 15) is 4.79 Å². The van der Waals surface area contributed by atoms with Crippen LogP contribution in [0.5, 0.6) is 11.5 Å². The molecule has 0 saturated carbocycles. The zero-order valence-corrected chi connectivity index (χ0v) is 14.3. The Balaban J connectivity index is 1.86. The first kappa shape index (κ1) is 17.6. The summed E-state index contributed by atoms with van der Waals surface area (Å²) >= 11 is 0. The van der Waals surface area contributed by atoms with Gasteiger partial charge in [-0.3, -0.25) is 4.98 Å². The number of amides is 2. The molecule has 128 valence electrons. The molecule has 6 heteroatoms. The Morgan fingerprint density at radius 1 is 1.21 bits per heavy atom. The monoisotopic (exact) mass is 329 g/mol. The van der Waals surface area contributed by atoms with Crippen molar-refractivity contribution in [3.8, 4) is 11.5 Å². The molecule has 1 aromatic heterocycles. The first-order valence-corrected chi connectivity index (χ1v) is 7.74. The van der Waals surface area contributed by atoms with Crippen molar-refractivity contribution < 1.29 is 14.3 Å². The minimum absolute atomic E-state index is 0.137. The van der Waals surface area contributed by atoms with Crippen LogP contribution in [-0.4, -0.2) is 43.7 Å². The molecule has 2 amide bonds. The van der Waals surface area contributed by atoms with Crippen molar-refractivity contribution in [3.05, 3.63) is 53.9 Å². The zero-order chi connectivity index (χ0) is 17.4. The van der Waals surface area contributed by atoms with E-state index in [0.717, 1.165) is 22.8 Å². The van der Waals surface area contributed by atoms with Crippen molar-refractivity contribution in [2.45, 2.75) is 13.0 Å². The highest BCUT2D eigenvalue weighted by Crippen LogP contribution is 2.24. The molecule has 0 unspecified atom stereocenters. The van der Waals surface area contributed by atoms with Crippen LogP contribution in [0.1, 0.15) is 11.3 Å². The van der Waals surface area contributed by atoms with Gasteiger partial charge in [0.15, 0.2) is 0 Å². The van der Waals surface area contributed by atoms with Crippen LogP contribution in [0.15, 0.2) is 42.6 Å². The minimum atomic E-state index is -0.137. The van der Waals surface area contributed by atoms with Crippen LogP contribution >= 0.6 is 0 Å².